The lowest BCUT2D eigenvalue weighted by Gasteiger charge is -2.41. The van der Waals surface area contributed by atoms with Crippen molar-refractivity contribution >= 4 is 29.6 Å². The molecule has 0 saturated carbocycles. The molecule has 2 aliphatic rings. The number of carbonyl (C=O) groups excluding carboxylic acids is 2. The second kappa shape index (κ2) is 12.6. The van der Waals surface area contributed by atoms with Gasteiger partial charge in [0.05, 0.1) is 30.8 Å². The highest BCUT2D eigenvalue weighted by Crippen LogP contribution is 2.30. The first-order valence-electron chi connectivity index (χ1n) is 12.2. The van der Waals surface area contributed by atoms with Crippen molar-refractivity contribution in [2.75, 3.05) is 37.7 Å². The van der Waals surface area contributed by atoms with Crippen molar-refractivity contribution in [2.24, 2.45) is 0 Å². The van der Waals surface area contributed by atoms with Crippen LogP contribution in [0.25, 0.3) is 0 Å². The normalized spacial score (nSPS) is 18.0. The standard InChI is InChI=1S/C26H33ClN6O4/c1-5-6-7-8-9-16-36-25(35)33-15-14-31(17-19(33)10-12-28)22-20-11-13-32(24(34)37-26(2,3)4)18-21(20)29-23(27)30-22/h5-9,19H,1,10-11,13-18H2,2-4H3/b7-6-,9-8+. The summed E-state index contributed by atoms with van der Waals surface area (Å²) in [6.07, 6.45) is 8.54. The fourth-order valence-electron chi connectivity index (χ4n) is 4.17. The van der Waals surface area contributed by atoms with Crippen molar-refractivity contribution in [3.8, 4) is 6.07 Å². The molecule has 2 aliphatic heterocycles. The first kappa shape index (κ1) is 28.0. The molecule has 0 bridgehead atoms. The summed E-state index contributed by atoms with van der Waals surface area (Å²) in [6.45, 7) is 11.2. The first-order chi connectivity index (χ1) is 17.6. The van der Waals surface area contributed by atoms with Crippen LogP contribution in [0.2, 0.25) is 5.28 Å². The molecule has 37 heavy (non-hydrogen) atoms. The predicted molar refractivity (Wildman–Crippen MR) is 140 cm³/mol. The zero-order valence-corrected chi connectivity index (χ0v) is 22.3. The summed E-state index contributed by atoms with van der Waals surface area (Å²) in [6, 6.07) is 1.80. The molecular formula is C26H33ClN6O4. The lowest BCUT2D eigenvalue weighted by atomic mass is 10.0. The zero-order chi connectivity index (χ0) is 27.0. The molecule has 0 N–H and O–H groups in total. The van der Waals surface area contributed by atoms with E-state index >= 15 is 0 Å². The smallest absolute Gasteiger partial charge is 0.410 e. The first-order valence-corrected chi connectivity index (χ1v) is 12.5. The number of ether oxygens (including phenoxy) is 2. The van der Waals surface area contributed by atoms with E-state index in [4.69, 9.17) is 21.1 Å². The Morgan fingerprint density at radius 2 is 1.97 bits per heavy atom. The summed E-state index contributed by atoms with van der Waals surface area (Å²) < 4.78 is 10.9. The van der Waals surface area contributed by atoms with E-state index in [1.807, 2.05) is 25.7 Å². The fraction of sp³-hybridized carbons (Fsp3) is 0.500. The van der Waals surface area contributed by atoms with Gasteiger partial charge < -0.3 is 24.2 Å². The van der Waals surface area contributed by atoms with E-state index in [2.05, 4.69) is 22.6 Å². The highest BCUT2D eigenvalue weighted by Gasteiger charge is 2.35. The Hall–Kier alpha value is -3.58. The molecule has 1 saturated heterocycles. The Morgan fingerprint density at radius 3 is 2.68 bits per heavy atom. The number of aromatic nitrogens is 2. The quantitative estimate of drug-likeness (QED) is 0.397. The molecule has 0 radical (unpaired) electrons. The van der Waals surface area contributed by atoms with E-state index in [-0.39, 0.29) is 30.9 Å². The summed E-state index contributed by atoms with van der Waals surface area (Å²) in [4.78, 5) is 39.4. The number of anilines is 1. The van der Waals surface area contributed by atoms with E-state index in [1.165, 1.54) is 0 Å². The average Bonchev–Trinajstić information content (AvgIpc) is 2.84. The van der Waals surface area contributed by atoms with Crippen LogP contribution in [0.3, 0.4) is 0 Å². The number of nitriles is 1. The summed E-state index contributed by atoms with van der Waals surface area (Å²) >= 11 is 6.28. The van der Waals surface area contributed by atoms with Gasteiger partial charge in [-0.2, -0.15) is 5.26 Å². The van der Waals surface area contributed by atoms with E-state index in [0.29, 0.717) is 44.1 Å². The Balaban J connectivity index is 1.71. The second-order valence-corrected chi connectivity index (χ2v) is 10.0. The number of amides is 2. The van der Waals surface area contributed by atoms with Crippen molar-refractivity contribution in [1.29, 1.82) is 5.26 Å². The second-order valence-electron chi connectivity index (χ2n) is 9.67. The molecule has 11 heteroatoms. The Bertz CT molecular complexity index is 1110. The maximum absolute atomic E-state index is 12.7. The van der Waals surface area contributed by atoms with Crippen LogP contribution in [0.5, 0.6) is 0 Å². The van der Waals surface area contributed by atoms with Gasteiger partial charge in [0.2, 0.25) is 5.28 Å². The molecule has 1 atom stereocenters. The minimum Gasteiger partial charge on any atom is -0.445 e. The number of fused-ring (bicyclic) bond motifs is 1. The maximum Gasteiger partial charge on any atom is 0.410 e. The minimum absolute atomic E-state index is 0.0794. The number of piperazine rings is 1. The molecule has 2 amide bonds. The third-order valence-corrected chi connectivity index (χ3v) is 5.98. The molecule has 10 nitrogen and oxygen atoms in total. The monoisotopic (exact) mass is 528 g/mol. The van der Waals surface area contributed by atoms with Crippen LogP contribution in [0, 0.1) is 11.3 Å². The predicted octanol–water partition coefficient (Wildman–Crippen LogP) is 4.26. The SMILES string of the molecule is C=C/C=C\C=C\COC(=O)N1CCN(c2nc(Cl)nc3c2CCN(C(=O)OC(C)(C)C)C3)CC1CC#N. The molecule has 1 aromatic rings. The van der Waals surface area contributed by atoms with Crippen molar-refractivity contribution in [1.82, 2.24) is 19.8 Å². The van der Waals surface area contributed by atoms with Crippen LogP contribution >= 0.6 is 11.6 Å². The summed E-state index contributed by atoms with van der Waals surface area (Å²) in [7, 11) is 0. The highest BCUT2D eigenvalue weighted by molar-refractivity contribution is 6.28. The number of rotatable bonds is 6. The fourth-order valence-corrected chi connectivity index (χ4v) is 4.35. The molecule has 3 rings (SSSR count). The summed E-state index contributed by atoms with van der Waals surface area (Å²) in [5.41, 5.74) is 0.984. The molecule has 0 aliphatic carbocycles. The van der Waals surface area contributed by atoms with Crippen molar-refractivity contribution in [3.63, 3.8) is 0 Å². The van der Waals surface area contributed by atoms with Gasteiger partial charge in [0, 0.05) is 31.7 Å². The summed E-state index contributed by atoms with van der Waals surface area (Å²) in [5, 5.41) is 9.48. The van der Waals surface area contributed by atoms with Gasteiger partial charge in [-0.25, -0.2) is 19.6 Å². The number of halogens is 1. The highest BCUT2D eigenvalue weighted by atomic mass is 35.5. The van der Waals surface area contributed by atoms with Crippen LogP contribution in [0.15, 0.2) is 37.0 Å². The molecule has 1 aromatic heterocycles. The van der Waals surface area contributed by atoms with E-state index in [1.54, 1.807) is 40.2 Å². The average molecular weight is 529 g/mol. The molecule has 0 spiro atoms. The largest absolute Gasteiger partial charge is 0.445 e. The Kier molecular flexibility index (Phi) is 9.53. The molecule has 1 unspecified atom stereocenters. The number of allylic oxidation sites excluding steroid dienone is 4. The molecular weight excluding hydrogens is 496 g/mol. The van der Waals surface area contributed by atoms with Gasteiger partial charge in [-0.3, -0.25) is 0 Å². The number of carbonyl (C=O) groups is 2. The van der Waals surface area contributed by atoms with Gasteiger partial charge in [0.25, 0.3) is 0 Å². The van der Waals surface area contributed by atoms with Crippen molar-refractivity contribution in [2.45, 2.75) is 51.8 Å². The van der Waals surface area contributed by atoms with E-state index in [9.17, 15) is 14.9 Å². The van der Waals surface area contributed by atoms with Gasteiger partial charge in [-0.15, -0.1) is 0 Å². The zero-order valence-electron chi connectivity index (χ0n) is 21.5. The van der Waals surface area contributed by atoms with Gasteiger partial charge >= 0.3 is 12.2 Å². The number of nitrogens with zero attached hydrogens (tertiary/aromatic N) is 6. The Morgan fingerprint density at radius 1 is 1.19 bits per heavy atom. The van der Waals surface area contributed by atoms with Crippen molar-refractivity contribution in [3.05, 3.63) is 53.5 Å². The minimum atomic E-state index is -0.596. The molecule has 0 aromatic carbocycles. The molecule has 3 heterocycles. The topological polar surface area (TPSA) is 112 Å². The van der Waals surface area contributed by atoms with Gasteiger partial charge in [0.1, 0.15) is 18.0 Å². The van der Waals surface area contributed by atoms with Crippen LogP contribution < -0.4 is 4.90 Å². The van der Waals surface area contributed by atoms with Gasteiger partial charge in [0.15, 0.2) is 0 Å². The van der Waals surface area contributed by atoms with Gasteiger partial charge in [-0.1, -0.05) is 30.9 Å². The van der Waals surface area contributed by atoms with Crippen LogP contribution in [0.4, 0.5) is 15.4 Å². The maximum atomic E-state index is 12.7. The third-order valence-electron chi connectivity index (χ3n) is 5.81. The van der Waals surface area contributed by atoms with E-state index < -0.39 is 17.8 Å². The van der Waals surface area contributed by atoms with Crippen LogP contribution in [0.1, 0.15) is 38.4 Å². The lowest BCUT2D eigenvalue weighted by Crippen LogP contribution is -2.56. The Labute approximate surface area is 222 Å². The summed E-state index contributed by atoms with van der Waals surface area (Å²) in [5.74, 6) is 0.673. The number of hydrogen-bond donors (Lipinski definition) is 0. The van der Waals surface area contributed by atoms with Crippen LogP contribution in [-0.4, -0.2) is 76.4 Å². The molecule has 1 fully saturated rings. The third kappa shape index (κ3) is 7.70. The molecule has 198 valence electrons. The van der Waals surface area contributed by atoms with Crippen LogP contribution in [-0.2, 0) is 22.4 Å². The number of hydrogen-bond acceptors (Lipinski definition) is 8. The van der Waals surface area contributed by atoms with Gasteiger partial charge in [-0.05, 0) is 44.9 Å². The van der Waals surface area contributed by atoms with E-state index in [0.717, 1.165) is 5.56 Å². The lowest BCUT2D eigenvalue weighted by molar-refractivity contribution is 0.0220. The van der Waals surface area contributed by atoms with Crippen molar-refractivity contribution < 1.29 is 19.1 Å².